The second-order valence-corrected chi connectivity index (χ2v) is 7.67. The molecule has 1 aliphatic carbocycles. The fourth-order valence-corrected chi connectivity index (χ4v) is 3.27. The van der Waals surface area contributed by atoms with Crippen LogP contribution >= 0.6 is 0 Å². The van der Waals surface area contributed by atoms with Crippen molar-refractivity contribution in [3.8, 4) is 5.75 Å². The second kappa shape index (κ2) is 9.62. The van der Waals surface area contributed by atoms with E-state index in [2.05, 4.69) is 39.6 Å². The Kier molecular flexibility index (Phi) is 6.96. The summed E-state index contributed by atoms with van der Waals surface area (Å²) in [5.74, 6) is 2.52. The number of carbonyl (C=O) groups excluding carboxylic acids is 1. The fourth-order valence-electron chi connectivity index (χ4n) is 3.27. The van der Waals surface area contributed by atoms with Crippen LogP contribution in [0.25, 0.3) is 0 Å². The Morgan fingerprint density at radius 2 is 1.89 bits per heavy atom. The van der Waals surface area contributed by atoms with E-state index < -0.39 is 0 Å². The molecule has 1 amide bonds. The summed E-state index contributed by atoms with van der Waals surface area (Å²) in [6.07, 6.45) is 5.58. The Labute approximate surface area is 162 Å². The molecule has 1 heterocycles. The average Bonchev–Trinajstić information content (AvgIpc) is 3.49. The molecule has 6 heteroatoms. The summed E-state index contributed by atoms with van der Waals surface area (Å²) in [5.41, 5.74) is 1.24. The third kappa shape index (κ3) is 6.45. The Bertz CT molecular complexity index is 632. The molecule has 148 valence electrons. The minimum Gasteiger partial charge on any atom is -0.484 e. The fraction of sp³-hybridized carbons (Fsp3) is 0.619. The first-order chi connectivity index (χ1) is 13.1. The average molecular weight is 373 g/mol. The maximum Gasteiger partial charge on any atom is 0.258 e. The SMILES string of the molecule is CN=C(NCCc1ccc(OCC(=O)NC2CC2)cc1)N1CCC(C)CC1. The molecular weight excluding hydrogens is 340 g/mol. The zero-order chi connectivity index (χ0) is 19.1. The number of hydrogen-bond donors (Lipinski definition) is 2. The third-order valence-electron chi connectivity index (χ3n) is 5.23. The van der Waals surface area contributed by atoms with E-state index in [4.69, 9.17) is 4.74 Å². The van der Waals surface area contributed by atoms with Crippen LogP contribution in [-0.4, -0.2) is 56.1 Å². The summed E-state index contributed by atoms with van der Waals surface area (Å²) < 4.78 is 5.55. The van der Waals surface area contributed by atoms with Gasteiger partial charge in [-0.3, -0.25) is 9.79 Å². The molecule has 2 aliphatic rings. The zero-order valence-electron chi connectivity index (χ0n) is 16.5. The molecule has 2 N–H and O–H groups in total. The first kappa shape index (κ1) is 19.5. The van der Waals surface area contributed by atoms with Gasteiger partial charge in [-0.15, -0.1) is 0 Å². The zero-order valence-corrected chi connectivity index (χ0v) is 16.5. The molecule has 0 spiro atoms. The van der Waals surface area contributed by atoms with Gasteiger partial charge in [0.05, 0.1) is 0 Å². The molecule has 1 aromatic rings. The van der Waals surface area contributed by atoms with Gasteiger partial charge in [-0.2, -0.15) is 0 Å². The number of piperidine rings is 1. The minimum absolute atomic E-state index is 0.0377. The monoisotopic (exact) mass is 372 g/mol. The highest BCUT2D eigenvalue weighted by Crippen LogP contribution is 2.19. The van der Waals surface area contributed by atoms with E-state index in [1.165, 1.54) is 18.4 Å². The first-order valence-electron chi connectivity index (χ1n) is 10.1. The van der Waals surface area contributed by atoms with Crippen LogP contribution in [0.5, 0.6) is 5.75 Å². The third-order valence-corrected chi connectivity index (χ3v) is 5.23. The lowest BCUT2D eigenvalue weighted by Gasteiger charge is -2.32. The lowest BCUT2D eigenvalue weighted by atomic mass is 10.00. The van der Waals surface area contributed by atoms with Crippen molar-refractivity contribution in [1.82, 2.24) is 15.5 Å². The van der Waals surface area contributed by atoms with Crippen molar-refractivity contribution >= 4 is 11.9 Å². The number of nitrogens with zero attached hydrogens (tertiary/aromatic N) is 2. The number of benzene rings is 1. The summed E-state index contributed by atoms with van der Waals surface area (Å²) in [5, 5.41) is 6.39. The van der Waals surface area contributed by atoms with Crippen LogP contribution in [0.2, 0.25) is 0 Å². The molecule has 0 unspecified atom stereocenters. The van der Waals surface area contributed by atoms with Gasteiger partial charge in [-0.05, 0) is 55.7 Å². The van der Waals surface area contributed by atoms with Crippen LogP contribution in [0.4, 0.5) is 0 Å². The van der Waals surface area contributed by atoms with Gasteiger partial charge in [0.2, 0.25) is 0 Å². The van der Waals surface area contributed by atoms with Crippen molar-refractivity contribution in [2.24, 2.45) is 10.9 Å². The van der Waals surface area contributed by atoms with E-state index in [0.29, 0.717) is 6.04 Å². The van der Waals surface area contributed by atoms with Gasteiger partial charge in [0.25, 0.3) is 5.91 Å². The van der Waals surface area contributed by atoms with Gasteiger partial charge in [0, 0.05) is 32.7 Å². The number of aliphatic imine (C=N–C) groups is 1. The van der Waals surface area contributed by atoms with E-state index in [-0.39, 0.29) is 12.5 Å². The van der Waals surface area contributed by atoms with Crippen molar-refractivity contribution in [2.45, 2.75) is 45.1 Å². The Morgan fingerprint density at radius 1 is 1.19 bits per heavy atom. The molecular formula is C21H32N4O2. The van der Waals surface area contributed by atoms with E-state index in [0.717, 1.165) is 56.5 Å². The highest BCUT2D eigenvalue weighted by Gasteiger charge is 2.23. The maximum atomic E-state index is 11.7. The van der Waals surface area contributed by atoms with Gasteiger partial charge in [-0.25, -0.2) is 0 Å². The topological polar surface area (TPSA) is 66.0 Å². The lowest BCUT2D eigenvalue weighted by Crippen LogP contribution is -2.45. The van der Waals surface area contributed by atoms with Crippen LogP contribution in [0.3, 0.4) is 0 Å². The summed E-state index contributed by atoms with van der Waals surface area (Å²) in [4.78, 5) is 18.4. The van der Waals surface area contributed by atoms with Crippen LogP contribution in [-0.2, 0) is 11.2 Å². The maximum absolute atomic E-state index is 11.7. The number of amides is 1. The summed E-state index contributed by atoms with van der Waals surface area (Å²) in [6, 6.07) is 8.35. The van der Waals surface area contributed by atoms with Gasteiger partial charge in [0.15, 0.2) is 12.6 Å². The van der Waals surface area contributed by atoms with Gasteiger partial charge in [-0.1, -0.05) is 19.1 Å². The number of nitrogens with one attached hydrogen (secondary N) is 2. The molecule has 1 saturated carbocycles. The first-order valence-corrected chi connectivity index (χ1v) is 10.1. The van der Waals surface area contributed by atoms with Crippen LogP contribution in [0, 0.1) is 5.92 Å². The predicted molar refractivity (Wildman–Crippen MR) is 108 cm³/mol. The summed E-state index contributed by atoms with van der Waals surface area (Å²) in [6.45, 7) is 5.42. The molecule has 0 bridgehead atoms. The Hall–Kier alpha value is -2.24. The van der Waals surface area contributed by atoms with Gasteiger partial charge < -0.3 is 20.3 Å². The Morgan fingerprint density at radius 3 is 2.52 bits per heavy atom. The number of guanidine groups is 1. The molecule has 1 aliphatic heterocycles. The van der Waals surface area contributed by atoms with Crippen molar-refractivity contribution in [3.05, 3.63) is 29.8 Å². The Balaban J connectivity index is 1.37. The molecule has 27 heavy (non-hydrogen) atoms. The highest BCUT2D eigenvalue weighted by atomic mass is 16.5. The molecule has 1 saturated heterocycles. The second-order valence-electron chi connectivity index (χ2n) is 7.67. The lowest BCUT2D eigenvalue weighted by molar-refractivity contribution is -0.123. The minimum atomic E-state index is -0.0377. The summed E-state index contributed by atoms with van der Waals surface area (Å²) >= 11 is 0. The van der Waals surface area contributed by atoms with Crippen LogP contribution in [0.1, 0.15) is 38.2 Å². The molecule has 0 aromatic heterocycles. The van der Waals surface area contributed by atoms with Gasteiger partial charge in [0.1, 0.15) is 5.75 Å². The molecule has 6 nitrogen and oxygen atoms in total. The molecule has 0 atom stereocenters. The normalized spacial score (nSPS) is 18.3. The molecule has 3 rings (SSSR count). The molecule has 2 fully saturated rings. The molecule has 0 radical (unpaired) electrons. The van der Waals surface area contributed by atoms with Crippen molar-refractivity contribution in [1.29, 1.82) is 0 Å². The number of rotatable bonds is 7. The number of ether oxygens (including phenoxy) is 1. The van der Waals surface area contributed by atoms with Crippen molar-refractivity contribution in [2.75, 3.05) is 33.3 Å². The van der Waals surface area contributed by atoms with Crippen molar-refractivity contribution in [3.63, 3.8) is 0 Å². The van der Waals surface area contributed by atoms with E-state index >= 15 is 0 Å². The number of carbonyl (C=O) groups is 1. The van der Waals surface area contributed by atoms with E-state index in [1.54, 1.807) is 0 Å². The standard InChI is InChI=1S/C21H32N4O2/c1-16-10-13-25(14-11-16)21(22-2)23-12-9-17-3-7-19(8-4-17)27-15-20(26)24-18-5-6-18/h3-4,7-8,16,18H,5-6,9-15H2,1-2H3,(H,22,23)(H,24,26). The quantitative estimate of drug-likeness (QED) is 0.569. The smallest absolute Gasteiger partial charge is 0.258 e. The van der Waals surface area contributed by atoms with Crippen molar-refractivity contribution < 1.29 is 9.53 Å². The van der Waals surface area contributed by atoms with E-state index in [1.807, 2.05) is 19.2 Å². The van der Waals surface area contributed by atoms with Crippen LogP contribution in [0.15, 0.2) is 29.3 Å². The van der Waals surface area contributed by atoms with Crippen LogP contribution < -0.4 is 15.4 Å². The summed E-state index contributed by atoms with van der Waals surface area (Å²) in [7, 11) is 1.85. The largest absolute Gasteiger partial charge is 0.484 e. The molecule has 1 aromatic carbocycles. The van der Waals surface area contributed by atoms with Gasteiger partial charge >= 0.3 is 0 Å². The van der Waals surface area contributed by atoms with E-state index in [9.17, 15) is 4.79 Å². The highest BCUT2D eigenvalue weighted by molar-refractivity contribution is 5.80. The predicted octanol–water partition coefficient (Wildman–Crippen LogP) is 2.19. The number of hydrogen-bond acceptors (Lipinski definition) is 3. The number of likely N-dealkylation sites (tertiary alicyclic amines) is 1.